The van der Waals surface area contributed by atoms with Crippen molar-refractivity contribution in [3.63, 3.8) is 0 Å². The van der Waals surface area contributed by atoms with Crippen molar-refractivity contribution in [1.29, 1.82) is 0 Å². The van der Waals surface area contributed by atoms with Crippen LogP contribution in [0.4, 0.5) is 4.79 Å². The van der Waals surface area contributed by atoms with Crippen LogP contribution in [0.1, 0.15) is 45.2 Å². The van der Waals surface area contributed by atoms with E-state index in [-0.39, 0.29) is 13.1 Å². The highest BCUT2D eigenvalue weighted by Gasteiger charge is 2.64. The zero-order chi connectivity index (χ0) is 27.8. The van der Waals surface area contributed by atoms with E-state index in [1.807, 2.05) is 6.92 Å². The summed E-state index contributed by atoms with van der Waals surface area (Å²) in [6.07, 6.45) is 1.59. The van der Waals surface area contributed by atoms with Crippen LogP contribution in [0.5, 0.6) is 0 Å². The standard InChI is InChI=1S/C25H31N5O7S/c1-4-5-11-28-12-13-29(21(34)20(28)33)24(37)27-15(14-9-7-6-8-10-14)18(31)26-16-19(32)30-17(23(35)36)25(2,3)38-22(16)30/h6-10,15-17,22H,4-5,11-13H2,1-3H3,(H,26,31)(H,27,37)(H,35,36). The number of piperazine rings is 1. The summed E-state index contributed by atoms with van der Waals surface area (Å²) in [4.78, 5) is 79.7. The Morgan fingerprint density at radius 2 is 1.79 bits per heavy atom. The number of urea groups is 1. The lowest BCUT2D eigenvalue weighted by molar-refractivity contribution is -0.161. The largest absolute Gasteiger partial charge is 0.480 e. The molecule has 0 spiro atoms. The number of carboxylic acids is 1. The SMILES string of the molecule is CCCCN1CCN(C(=O)NC(C(=O)NC2C(=O)N3C2SC(C)(C)C3C(=O)O)c2ccccc2)C(=O)C1=O. The minimum atomic E-state index is -1.26. The number of amides is 6. The summed E-state index contributed by atoms with van der Waals surface area (Å²) in [5, 5.41) is 14.2. The van der Waals surface area contributed by atoms with Crippen LogP contribution in [0.3, 0.4) is 0 Å². The lowest BCUT2D eigenvalue weighted by Gasteiger charge is -2.44. The van der Waals surface area contributed by atoms with Gasteiger partial charge in [-0.05, 0) is 25.8 Å². The van der Waals surface area contributed by atoms with Gasteiger partial charge in [0.2, 0.25) is 11.8 Å². The van der Waals surface area contributed by atoms with Crippen molar-refractivity contribution in [2.24, 2.45) is 0 Å². The van der Waals surface area contributed by atoms with Gasteiger partial charge in [0, 0.05) is 24.4 Å². The zero-order valence-electron chi connectivity index (χ0n) is 21.4. The van der Waals surface area contributed by atoms with E-state index in [1.165, 1.54) is 21.6 Å². The molecule has 1 aromatic carbocycles. The van der Waals surface area contributed by atoms with E-state index in [4.69, 9.17) is 0 Å². The number of benzene rings is 1. The van der Waals surface area contributed by atoms with Crippen molar-refractivity contribution >= 4 is 47.4 Å². The molecule has 38 heavy (non-hydrogen) atoms. The van der Waals surface area contributed by atoms with Gasteiger partial charge < -0.3 is 25.5 Å². The van der Waals surface area contributed by atoms with Crippen molar-refractivity contribution in [1.82, 2.24) is 25.3 Å². The molecule has 0 aromatic heterocycles. The van der Waals surface area contributed by atoms with Crippen LogP contribution in [-0.4, -0.2) is 97.3 Å². The Morgan fingerprint density at radius 3 is 2.42 bits per heavy atom. The van der Waals surface area contributed by atoms with Crippen molar-refractivity contribution < 1.29 is 33.9 Å². The fourth-order valence-corrected chi connectivity index (χ4v) is 6.59. The normalized spacial score (nSPS) is 25.0. The summed E-state index contributed by atoms with van der Waals surface area (Å²) >= 11 is 1.29. The number of nitrogens with zero attached hydrogens (tertiary/aromatic N) is 3. The predicted molar refractivity (Wildman–Crippen MR) is 137 cm³/mol. The van der Waals surface area contributed by atoms with Gasteiger partial charge in [-0.1, -0.05) is 43.7 Å². The smallest absolute Gasteiger partial charge is 0.327 e. The van der Waals surface area contributed by atoms with E-state index < -0.39 is 63.9 Å². The molecule has 4 atom stereocenters. The lowest BCUT2D eigenvalue weighted by Crippen LogP contribution is -2.71. The van der Waals surface area contributed by atoms with Gasteiger partial charge in [0.15, 0.2) is 0 Å². The van der Waals surface area contributed by atoms with E-state index >= 15 is 0 Å². The molecule has 0 radical (unpaired) electrons. The second-order valence-electron chi connectivity index (χ2n) is 9.98. The number of rotatable bonds is 8. The minimum Gasteiger partial charge on any atom is -0.480 e. The highest BCUT2D eigenvalue weighted by molar-refractivity contribution is 8.01. The van der Waals surface area contributed by atoms with E-state index in [0.717, 1.165) is 17.7 Å². The fraction of sp³-hybridized carbons (Fsp3) is 0.520. The number of carboxylic acid groups (broad SMARTS) is 1. The van der Waals surface area contributed by atoms with Gasteiger partial charge in [0.25, 0.3) is 0 Å². The Kier molecular flexibility index (Phi) is 7.68. The molecule has 3 fully saturated rings. The number of hydrogen-bond acceptors (Lipinski definition) is 7. The molecular weight excluding hydrogens is 514 g/mol. The number of imide groups is 1. The number of nitrogens with one attached hydrogen (secondary N) is 2. The highest BCUT2D eigenvalue weighted by Crippen LogP contribution is 2.50. The van der Waals surface area contributed by atoms with Crippen LogP contribution in [0.15, 0.2) is 30.3 Å². The Balaban J connectivity index is 1.48. The molecule has 4 unspecified atom stereocenters. The van der Waals surface area contributed by atoms with Crippen LogP contribution in [-0.2, 0) is 24.0 Å². The maximum Gasteiger partial charge on any atom is 0.327 e. The first kappa shape index (κ1) is 27.4. The Hall–Kier alpha value is -3.61. The Morgan fingerprint density at radius 1 is 1.11 bits per heavy atom. The number of fused-ring (bicyclic) bond motifs is 1. The third kappa shape index (κ3) is 4.94. The van der Waals surface area contributed by atoms with Crippen LogP contribution in [0.25, 0.3) is 0 Å². The molecule has 204 valence electrons. The second-order valence-corrected chi connectivity index (χ2v) is 11.8. The molecule has 13 heteroatoms. The number of aliphatic carboxylic acids is 1. The summed E-state index contributed by atoms with van der Waals surface area (Å²) in [7, 11) is 0. The van der Waals surface area contributed by atoms with Gasteiger partial charge in [0.05, 0.1) is 0 Å². The van der Waals surface area contributed by atoms with Gasteiger partial charge in [-0.15, -0.1) is 11.8 Å². The summed E-state index contributed by atoms with van der Waals surface area (Å²) in [5.41, 5.74) is 0.408. The number of unbranched alkanes of at least 4 members (excludes halogenated alkanes) is 1. The van der Waals surface area contributed by atoms with Gasteiger partial charge in [-0.3, -0.25) is 24.1 Å². The molecule has 6 amide bonds. The van der Waals surface area contributed by atoms with E-state index in [9.17, 15) is 33.9 Å². The van der Waals surface area contributed by atoms with Crippen molar-refractivity contribution in [2.45, 2.75) is 61.9 Å². The minimum absolute atomic E-state index is 0.0102. The molecule has 3 aliphatic heterocycles. The number of β-lactam (4-membered cyclic amide) rings is 1. The molecule has 0 saturated carbocycles. The molecule has 12 nitrogen and oxygen atoms in total. The quantitative estimate of drug-likeness (QED) is 0.316. The molecule has 4 rings (SSSR count). The molecule has 3 aliphatic rings. The van der Waals surface area contributed by atoms with Gasteiger partial charge in [-0.25, -0.2) is 9.59 Å². The average Bonchev–Trinajstić information content (AvgIpc) is 3.14. The fourth-order valence-electron chi connectivity index (χ4n) is 4.96. The third-order valence-electron chi connectivity index (χ3n) is 6.97. The lowest BCUT2D eigenvalue weighted by atomic mass is 9.95. The monoisotopic (exact) mass is 545 g/mol. The Bertz CT molecular complexity index is 1160. The van der Waals surface area contributed by atoms with E-state index in [0.29, 0.717) is 12.1 Å². The first-order chi connectivity index (χ1) is 18.0. The highest BCUT2D eigenvalue weighted by atomic mass is 32.2. The molecule has 3 N–H and O–H groups in total. The van der Waals surface area contributed by atoms with Crippen LogP contribution >= 0.6 is 11.8 Å². The topological polar surface area (TPSA) is 156 Å². The molecule has 3 heterocycles. The van der Waals surface area contributed by atoms with Crippen LogP contribution < -0.4 is 10.6 Å². The number of hydrogen-bond donors (Lipinski definition) is 3. The molecule has 3 saturated heterocycles. The second kappa shape index (κ2) is 10.6. The maximum absolute atomic E-state index is 13.4. The van der Waals surface area contributed by atoms with Crippen molar-refractivity contribution in [3.05, 3.63) is 35.9 Å². The molecule has 0 aliphatic carbocycles. The molecule has 0 bridgehead atoms. The predicted octanol–water partition coefficient (Wildman–Crippen LogP) is 0.540. The number of carbonyl (C=O) groups is 6. The first-order valence-corrected chi connectivity index (χ1v) is 13.3. The first-order valence-electron chi connectivity index (χ1n) is 12.5. The zero-order valence-corrected chi connectivity index (χ0v) is 22.2. The summed E-state index contributed by atoms with van der Waals surface area (Å²) in [6, 6.07) is 4.15. The van der Waals surface area contributed by atoms with Crippen molar-refractivity contribution in [2.75, 3.05) is 19.6 Å². The van der Waals surface area contributed by atoms with Gasteiger partial charge in [0.1, 0.15) is 23.5 Å². The van der Waals surface area contributed by atoms with Gasteiger partial charge in [-0.2, -0.15) is 0 Å². The molecular formula is C25H31N5O7S. The number of thioether (sulfide) groups is 1. The Labute approximate surface area is 224 Å². The van der Waals surface area contributed by atoms with E-state index in [1.54, 1.807) is 44.2 Å². The summed E-state index contributed by atoms with van der Waals surface area (Å²) in [6.45, 7) is 6.05. The molecule has 1 aromatic rings. The number of carbonyl (C=O) groups excluding carboxylic acids is 5. The summed E-state index contributed by atoms with van der Waals surface area (Å²) in [5.74, 6) is -4.07. The van der Waals surface area contributed by atoms with Crippen LogP contribution in [0.2, 0.25) is 0 Å². The average molecular weight is 546 g/mol. The maximum atomic E-state index is 13.4. The van der Waals surface area contributed by atoms with Gasteiger partial charge >= 0.3 is 23.8 Å². The van der Waals surface area contributed by atoms with Crippen LogP contribution in [0, 0.1) is 0 Å². The summed E-state index contributed by atoms with van der Waals surface area (Å²) < 4.78 is -0.759. The third-order valence-corrected chi connectivity index (χ3v) is 8.54. The van der Waals surface area contributed by atoms with E-state index in [2.05, 4.69) is 10.6 Å². The van der Waals surface area contributed by atoms with Crippen molar-refractivity contribution in [3.8, 4) is 0 Å².